The summed E-state index contributed by atoms with van der Waals surface area (Å²) in [7, 11) is -0.641. The average Bonchev–Trinajstić information content (AvgIpc) is 2.30. The minimum Gasteiger partial charge on any atom is -0.367 e. The average molecular weight is 302 g/mol. The molecule has 2 heterocycles. The first-order valence-corrected chi connectivity index (χ1v) is 8.38. The van der Waals surface area contributed by atoms with Crippen LogP contribution in [-0.4, -0.2) is 31.7 Å². The molecule has 0 spiro atoms. The lowest BCUT2D eigenvalue weighted by molar-refractivity contribution is 0.544. The van der Waals surface area contributed by atoms with Gasteiger partial charge in [-0.15, -0.1) is 0 Å². The predicted octanol–water partition coefficient (Wildman–Crippen LogP) is 2.75. The van der Waals surface area contributed by atoms with Crippen molar-refractivity contribution in [1.82, 2.24) is 9.97 Å². The molecule has 0 radical (unpaired) electrons. The maximum atomic E-state index is 11.3. The number of nitrogens with one attached hydrogen (secondary N) is 1. The fourth-order valence-corrected chi connectivity index (χ4v) is 3.46. The normalized spacial score (nSPS) is 24.2. The van der Waals surface area contributed by atoms with Gasteiger partial charge < -0.3 is 5.32 Å². The van der Waals surface area contributed by atoms with Crippen molar-refractivity contribution in [1.29, 1.82) is 0 Å². The molecule has 1 aromatic heterocycles. The lowest BCUT2D eigenvalue weighted by Crippen LogP contribution is -2.30. The van der Waals surface area contributed by atoms with E-state index in [9.17, 15) is 4.21 Å². The van der Waals surface area contributed by atoms with Gasteiger partial charge in [0.15, 0.2) is 0 Å². The van der Waals surface area contributed by atoms with Gasteiger partial charge in [0.2, 0.25) is 0 Å². The predicted molar refractivity (Wildman–Crippen MR) is 80.3 cm³/mol. The topological polar surface area (TPSA) is 54.9 Å². The summed E-state index contributed by atoms with van der Waals surface area (Å²) in [6.45, 7) is 6.19. The van der Waals surface area contributed by atoms with Crippen molar-refractivity contribution in [2.24, 2.45) is 0 Å². The SMILES string of the molecule is CC(C)(C)c1nc(Cl)cc(NC2CCS(=O)CC2)n1. The third-order valence-corrected chi connectivity index (χ3v) is 4.68. The number of halogens is 1. The van der Waals surface area contributed by atoms with E-state index in [2.05, 4.69) is 36.1 Å². The molecule has 0 saturated carbocycles. The number of anilines is 1. The highest BCUT2D eigenvalue weighted by molar-refractivity contribution is 7.85. The Morgan fingerprint density at radius 3 is 2.53 bits per heavy atom. The maximum Gasteiger partial charge on any atom is 0.137 e. The quantitative estimate of drug-likeness (QED) is 0.854. The van der Waals surface area contributed by atoms with Gasteiger partial charge in [-0.2, -0.15) is 0 Å². The Bertz CT molecular complexity index is 477. The number of aromatic nitrogens is 2. The standard InChI is InChI=1S/C13H20ClN3OS/c1-13(2,3)12-16-10(14)8-11(17-12)15-9-4-6-19(18)7-5-9/h8-9H,4-7H2,1-3H3,(H,15,16,17). The third kappa shape index (κ3) is 4.14. The van der Waals surface area contributed by atoms with Crippen LogP contribution in [0.5, 0.6) is 0 Å². The van der Waals surface area contributed by atoms with Crippen molar-refractivity contribution in [2.45, 2.75) is 45.1 Å². The van der Waals surface area contributed by atoms with E-state index in [-0.39, 0.29) is 5.41 Å². The molecule has 1 N–H and O–H groups in total. The van der Waals surface area contributed by atoms with E-state index < -0.39 is 10.8 Å². The number of hydrogen-bond donors (Lipinski definition) is 1. The molecule has 4 nitrogen and oxygen atoms in total. The molecular formula is C13H20ClN3OS. The zero-order valence-electron chi connectivity index (χ0n) is 11.6. The molecule has 1 aliphatic heterocycles. The first kappa shape index (κ1) is 14.7. The molecule has 1 fully saturated rings. The van der Waals surface area contributed by atoms with Crippen LogP contribution in [0.15, 0.2) is 6.07 Å². The Balaban J connectivity index is 2.12. The second kappa shape index (κ2) is 5.75. The Morgan fingerprint density at radius 1 is 1.32 bits per heavy atom. The zero-order valence-corrected chi connectivity index (χ0v) is 13.1. The largest absolute Gasteiger partial charge is 0.367 e. The smallest absolute Gasteiger partial charge is 0.137 e. The Labute approximate surface area is 121 Å². The van der Waals surface area contributed by atoms with Gasteiger partial charge >= 0.3 is 0 Å². The molecule has 0 bridgehead atoms. The van der Waals surface area contributed by atoms with Gasteiger partial charge in [-0.3, -0.25) is 4.21 Å². The van der Waals surface area contributed by atoms with Crippen LogP contribution in [0.2, 0.25) is 5.15 Å². The second-order valence-corrected chi connectivity index (χ2v) is 8.00. The van der Waals surface area contributed by atoms with Gasteiger partial charge in [-0.25, -0.2) is 9.97 Å². The van der Waals surface area contributed by atoms with Gasteiger partial charge in [0.25, 0.3) is 0 Å². The van der Waals surface area contributed by atoms with Crippen LogP contribution in [0.25, 0.3) is 0 Å². The molecular weight excluding hydrogens is 282 g/mol. The highest BCUT2D eigenvalue weighted by Crippen LogP contribution is 2.23. The minimum atomic E-state index is -0.641. The summed E-state index contributed by atoms with van der Waals surface area (Å²) in [6.07, 6.45) is 1.83. The molecule has 0 unspecified atom stereocenters. The summed E-state index contributed by atoms with van der Waals surface area (Å²) < 4.78 is 11.3. The lowest BCUT2D eigenvalue weighted by Gasteiger charge is -2.24. The van der Waals surface area contributed by atoms with E-state index in [1.165, 1.54) is 0 Å². The highest BCUT2D eigenvalue weighted by atomic mass is 35.5. The summed E-state index contributed by atoms with van der Waals surface area (Å²) in [6, 6.07) is 2.08. The van der Waals surface area contributed by atoms with E-state index >= 15 is 0 Å². The highest BCUT2D eigenvalue weighted by Gasteiger charge is 2.21. The summed E-state index contributed by atoms with van der Waals surface area (Å²) >= 11 is 6.06. The van der Waals surface area contributed by atoms with E-state index in [1.807, 2.05) is 0 Å². The molecule has 19 heavy (non-hydrogen) atoms. The summed E-state index contributed by atoms with van der Waals surface area (Å²) in [5, 5.41) is 3.84. The van der Waals surface area contributed by atoms with Gasteiger partial charge in [0, 0.05) is 39.8 Å². The van der Waals surface area contributed by atoms with Gasteiger partial charge in [0.05, 0.1) is 0 Å². The fourth-order valence-electron chi connectivity index (χ4n) is 1.97. The number of nitrogens with zero attached hydrogens (tertiary/aromatic N) is 2. The third-order valence-electron chi connectivity index (χ3n) is 3.11. The fraction of sp³-hybridized carbons (Fsp3) is 0.692. The van der Waals surface area contributed by atoms with Gasteiger partial charge in [-0.05, 0) is 12.8 Å². The van der Waals surface area contributed by atoms with Crippen molar-refractivity contribution in [3.63, 3.8) is 0 Å². The molecule has 1 aromatic rings. The van der Waals surface area contributed by atoms with Crippen LogP contribution in [0.3, 0.4) is 0 Å². The summed E-state index contributed by atoms with van der Waals surface area (Å²) in [5.41, 5.74) is -0.130. The van der Waals surface area contributed by atoms with E-state index in [1.54, 1.807) is 6.07 Å². The Morgan fingerprint density at radius 2 is 1.95 bits per heavy atom. The van der Waals surface area contributed by atoms with Gasteiger partial charge in [-0.1, -0.05) is 32.4 Å². The van der Waals surface area contributed by atoms with Crippen molar-refractivity contribution in [2.75, 3.05) is 16.8 Å². The van der Waals surface area contributed by atoms with Crippen LogP contribution in [-0.2, 0) is 16.2 Å². The summed E-state index contributed by atoms with van der Waals surface area (Å²) in [5.74, 6) is 3.04. The van der Waals surface area contributed by atoms with E-state index in [0.29, 0.717) is 11.2 Å². The molecule has 6 heteroatoms. The van der Waals surface area contributed by atoms with Crippen LogP contribution >= 0.6 is 11.6 Å². The van der Waals surface area contributed by atoms with Crippen molar-refractivity contribution in [3.8, 4) is 0 Å². The minimum absolute atomic E-state index is 0.130. The first-order chi connectivity index (χ1) is 8.84. The van der Waals surface area contributed by atoms with E-state index in [4.69, 9.17) is 11.6 Å². The summed E-state index contributed by atoms with van der Waals surface area (Å²) in [4.78, 5) is 8.81. The lowest BCUT2D eigenvalue weighted by atomic mass is 9.96. The molecule has 0 atom stereocenters. The molecule has 1 aliphatic rings. The van der Waals surface area contributed by atoms with Crippen LogP contribution in [0.4, 0.5) is 5.82 Å². The van der Waals surface area contributed by atoms with Crippen LogP contribution in [0, 0.1) is 0 Å². The molecule has 0 amide bonds. The number of rotatable bonds is 2. The first-order valence-electron chi connectivity index (χ1n) is 6.51. The molecule has 2 rings (SSSR count). The molecule has 0 aliphatic carbocycles. The monoisotopic (exact) mass is 301 g/mol. The maximum absolute atomic E-state index is 11.3. The Kier molecular flexibility index (Phi) is 4.46. The molecule has 1 saturated heterocycles. The van der Waals surface area contributed by atoms with Crippen molar-refractivity contribution in [3.05, 3.63) is 17.0 Å². The number of hydrogen-bond acceptors (Lipinski definition) is 4. The molecule has 106 valence electrons. The second-order valence-electron chi connectivity index (χ2n) is 5.92. The van der Waals surface area contributed by atoms with Crippen LogP contribution in [0.1, 0.15) is 39.4 Å². The van der Waals surface area contributed by atoms with E-state index in [0.717, 1.165) is 36.0 Å². The van der Waals surface area contributed by atoms with Crippen molar-refractivity contribution >= 4 is 28.2 Å². The zero-order chi connectivity index (χ0) is 14.0. The molecule has 0 aromatic carbocycles. The van der Waals surface area contributed by atoms with Crippen molar-refractivity contribution < 1.29 is 4.21 Å². The van der Waals surface area contributed by atoms with Gasteiger partial charge in [0.1, 0.15) is 16.8 Å². The Hall–Kier alpha value is -0.680. The van der Waals surface area contributed by atoms with Crippen LogP contribution < -0.4 is 5.32 Å².